The van der Waals surface area contributed by atoms with Crippen molar-refractivity contribution in [3.05, 3.63) is 23.8 Å². The Kier molecular flexibility index (Phi) is 4.18. The van der Waals surface area contributed by atoms with E-state index in [0.717, 1.165) is 17.8 Å². The van der Waals surface area contributed by atoms with Crippen LogP contribution in [0, 0.1) is 28.6 Å². The van der Waals surface area contributed by atoms with Gasteiger partial charge in [-0.25, -0.2) is 0 Å². The summed E-state index contributed by atoms with van der Waals surface area (Å²) in [6, 6.07) is 0. The number of rotatable bonds is 3. The number of ether oxygens (including phenoxy) is 1. The molecule has 0 aromatic heterocycles. The molecule has 0 aliphatic heterocycles. The summed E-state index contributed by atoms with van der Waals surface area (Å²) < 4.78 is 5.72. The molecule has 0 radical (unpaired) electrons. The zero-order valence-electron chi connectivity index (χ0n) is 15.2. The van der Waals surface area contributed by atoms with Crippen LogP contribution in [0.2, 0.25) is 0 Å². The molecule has 3 heteroatoms. The van der Waals surface area contributed by atoms with Gasteiger partial charge in [0.15, 0.2) is 0 Å². The molecule has 4 aliphatic carbocycles. The van der Waals surface area contributed by atoms with E-state index in [1.807, 2.05) is 0 Å². The number of allylic oxidation sites excluding steroid dienone is 2. The van der Waals surface area contributed by atoms with Crippen molar-refractivity contribution in [1.82, 2.24) is 0 Å². The minimum Gasteiger partial charge on any atom is -0.376 e. The lowest BCUT2D eigenvalue weighted by molar-refractivity contribution is -0.0188. The summed E-state index contributed by atoms with van der Waals surface area (Å²) in [7, 11) is 0. The van der Waals surface area contributed by atoms with Gasteiger partial charge in [0, 0.05) is 5.41 Å². The summed E-state index contributed by atoms with van der Waals surface area (Å²) >= 11 is 0. The topological polar surface area (TPSA) is 55.5 Å². The van der Waals surface area contributed by atoms with Crippen LogP contribution in [0.4, 0.5) is 0 Å². The zero-order chi connectivity index (χ0) is 16.9. The molecule has 4 rings (SSSR count). The highest BCUT2D eigenvalue weighted by atomic mass is 16.5. The summed E-state index contributed by atoms with van der Waals surface area (Å²) in [4.78, 5) is 0. The first-order chi connectivity index (χ1) is 11.4. The monoisotopic (exact) mass is 331 g/mol. The van der Waals surface area contributed by atoms with Gasteiger partial charge < -0.3 is 15.6 Å². The summed E-state index contributed by atoms with van der Waals surface area (Å²) in [6.45, 7) is 5.22. The van der Waals surface area contributed by atoms with Gasteiger partial charge in [0.25, 0.3) is 0 Å². The molecule has 24 heavy (non-hydrogen) atoms. The minimum atomic E-state index is -0.890. The van der Waals surface area contributed by atoms with E-state index in [-0.39, 0.29) is 18.1 Å². The van der Waals surface area contributed by atoms with Crippen LogP contribution < -0.4 is 5.73 Å². The average molecular weight is 332 g/mol. The lowest BCUT2D eigenvalue weighted by Gasteiger charge is -2.56. The first-order valence-electron chi connectivity index (χ1n) is 9.88. The standard InChI is InChI=1S/C21H33NO2/c1-20-9-3-4-17(20)16-6-5-14-12-15(24-13-19(22)23)7-11-21(14,2)18(16)8-10-20/h7,11-12,15-19,23H,3-6,8-10,13,22H2,1-2H3/t15?,16-,17-,18-,19?,20-,21-/m0/s1. The quantitative estimate of drug-likeness (QED) is 0.611. The lowest BCUT2D eigenvalue weighted by atomic mass is 9.48. The van der Waals surface area contributed by atoms with Crippen molar-refractivity contribution in [3.8, 4) is 0 Å². The lowest BCUT2D eigenvalue weighted by Crippen LogP contribution is -2.48. The van der Waals surface area contributed by atoms with Crippen LogP contribution >= 0.6 is 0 Å². The van der Waals surface area contributed by atoms with Crippen LogP contribution in [-0.2, 0) is 4.74 Å². The van der Waals surface area contributed by atoms with Gasteiger partial charge in [-0.15, -0.1) is 0 Å². The van der Waals surface area contributed by atoms with Crippen LogP contribution in [0.5, 0.6) is 0 Å². The Morgan fingerprint density at radius 1 is 1.25 bits per heavy atom. The van der Waals surface area contributed by atoms with Crippen LogP contribution in [-0.4, -0.2) is 24.0 Å². The molecule has 3 nitrogen and oxygen atoms in total. The number of hydrogen-bond donors (Lipinski definition) is 2. The van der Waals surface area contributed by atoms with Crippen LogP contribution in [0.25, 0.3) is 0 Å². The largest absolute Gasteiger partial charge is 0.376 e. The van der Waals surface area contributed by atoms with Crippen LogP contribution in [0.15, 0.2) is 23.8 Å². The Morgan fingerprint density at radius 2 is 2.08 bits per heavy atom. The van der Waals surface area contributed by atoms with Gasteiger partial charge in [0.05, 0.1) is 12.7 Å². The first kappa shape index (κ1) is 16.8. The Balaban J connectivity index is 1.54. The summed E-state index contributed by atoms with van der Waals surface area (Å²) in [5.41, 5.74) is 7.80. The van der Waals surface area contributed by atoms with E-state index in [4.69, 9.17) is 10.5 Å². The molecule has 2 unspecified atom stereocenters. The molecule has 0 heterocycles. The van der Waals surface area contributed by atoms with E-state index in [1.54, 1.807) is 5.57 Å². The van der Waals surface area contributed by atoms with Gasteiger partial charge >= 0.3 is 0 Å². The van der Waals surface area contributed by atoms with Crippen LogP contribution in [0.1, 0.15) is 58.8 Å². The third-order valence-corrected chi connectivity index (χ3v) is 7.88. The summed E-state index contributed by atoms with van der Waals surface area (Å²) in [5.74, 6) is 2.65. The van der Waals surface area contributed by atoms with Gasteiger partial charge in [-0.3, -0.25) is 0 Å². The van der Waals surface area contributed by atoms with E-state index >= 15 is 0 Å². The maximum absolute atomic E-state index is 9.24. The fourth-order valence-electron chi connectivity index (χ4n) is 6.61. The zero-order valence-corrected chi connectivity index (χ0v) is 15.2. The molecule has 0 spiro atoms. The summed E-state index contributed by atoms with van der Waals surface area (Å²) in [6.07, 6.45) is 15.7. The highest BCUT2D eigenvalue weighted by Crippen LogP contribution is 2.64. The molecular formula is C21H33NO2. The summed E-state index contributed by atoms with van der Waals surface area (Å²) in [5, 5.41) is 9.24. The van der Waals surface area contributed by atoms with Crippen molar-refractivity contribution in [2.24, 2.45) is 34.3 Å². The molecule has 134 valence electrons. The van der Waals surface area contributed by atoms with Crippen molar-refractivity contribution >= 4 is 0 Å². The third kappa shape index (κ3) is 2.60. The normalized spacial score (nSPS) is 48.2. The molecule has 3 fully saturated rings. The Morgan fingerprint density at radius 3 is 2.88 bits per heavy atom. The Hall–Kier alpha value is -0.640. The SMILES string of the molecule is C[C@@]12CCC[C@H]1[C@@H]1CCC3=CC(OCC(N)O)C=C[C@]3(C)[C@H]1CC2. The Labute approximate surface area is 146 Å². The van der Waals surface area contributed by atoms with Crippen molar-refractivity contribution in [2.45, 2.75) is 71.1 Å². The van der Waals surface area contributed by atoms with Gasteiger partial charge in [-0.2, -0.15) is 0 Å². The highest BCUT2D eigenvalue weighted by Gasteiger charge is 2.55. The highest BCUT2D eigenvalue weighted by molar-refractivity contribution is 5.33. The molecular weight excluding hydrogens is 298 g/mol. The molecule has 0 aromatic rings. The van der Waals surface area contributed by atoms with E-state index in [9.17, 15) is 5.11 Å². The van der Waals surface area contributed by atoms with Crippen molar-refractivity contribution in [1.29, 1.82) is 0 Å². The molecule has 3 saturated carbocycles. The van der Waals surface area contributed by atoms with Gasteiger partial charge in [-0.1, -0.05) is 44.1 Å². The van der Waals surface area contributed by atoms with E-state index in [2.05, 4.69) is 32.1 Å². The number of aliphatic hydroxyl groups excluding tert-OH is 1. The number of hydrogen-bond acceptors (Lipinski definition) is 3. The van der Waals surface area contributed by atoms with Crippen molar-refractivity contribution < 1.29 is 9.84 Å². The molecule has 0 bridgehead atoms. The van der Waals surface area contributed by atoms with Crippen molar-refractivity contribution in [2.75, 3.05) is 6.61 Å². The maximum Gasteiger partial charge on any atom is 0.126 e. The van der Waals surface area contributed by atoms with Gasteiger partial charge in [-0.05, 0) is 61.7 Å². The average Bonchev–Trinajstić information content (AvgIpc) is 2.94. The molecule has 0 aromatic carbocycles. The first-order valence-corrected chi connectivity index (χ1v) is 9.88. The smallest absolute Gasteiger partial charge is 0.126 e. The molecule has 4 aliphatic rings. The van der Waals surface area contributed by atoms with Crippen molar-refractivity contribution in [3.63, 3.8) is 0 Å². The number of fused-ring (bicyclic) bond motifs is 5. The molecule has 0 saturated heterocycles. The fraction of sp³-hybridized carbons (Fsp3) is 0.810. The maximum atomic E-state index is 9.24. The Bertz CT molecular complexity index is 554. The fourth-order valence-corrected chi connectivity index (χ4v) is 6.61. The van der Waals surface area contributed by atoms with Gasteiger partial charge in [0.1, 0.15) is 6.23 Å². The molecule has 0 amide bonds. The second-order valence-electron chi connectivity index (χ2n) is 9.20. The third-order valence-electron chi connectivity index (χ3n) is 7.88. The van der Waals surface area contributed by atoms with E-state index in [0.29, 0.717) is 5.41 Å². The number of nitrogens with two attached hydrogens (primary N) is 1. The van der Waals surface area contributed by atoms with Gasteiger partial charge in [0.2, 0.25) is 0 Å². The molecule has 7 atom stereocenters. The van der Waals surface area contributed by atoms with E-state index < -0.39 is 6.23 Å². The molecule has 3 N–H and O–H groups in total. The second kappa shape index (κ2) is 5.96. The number of aliphatic hydroxyl groups is 1. The predicted octanol–water partition coefficient (Wildman–Crippen LogP) is 3.78. The second-order valence-corrected chi connectivity index (χ2v) is 9.20. The minimum absolute atomic E-state index is 0.0249. The van der Waals surface area contributed by atoms with E-state index in [1.165, 1.54) is 44.9 Å². The van der Waals surface area contributed by atoms with Crippen LogP contribution in [0.3, 0.4) is 0 Å². The predicted molar refractivity (Wildman–Crippen MR) is 96.2 cm³/mol.